The number of nitrogens with zero attached hydrogens (tertiary/aromatic N) is 1. The number of hydrogen-bond donors (Lipinski definition) is 1. The Balaban J connectivity index is 2.66. The lowest BCUT2D eigenvalue weighted by Crippen LogP contribution is -2.28. The van der Waals surface area contributed by atoms with Gasteiger partial charge in [-0.2, -0.15) is 0 Å². The molecule has 1 aliphatic carbocycles. The minimum Gasteiger partial charge on any atom is -0.411 e. The molecule has 0 bridgehead atoms. The summed E-state index contributed by atoms with van der Waals surface area (Å²) in [5, 5.41) is 12.0. The van der Waals surface area contributed by atoms with Crippen LogP contribution in [0.3, 0.4) is 0 Å². The highest BCUT2D eigenvalue weighted by Crippen LogP contribution is 2.36. The van der Waals surface area contributed by atoms with E-state index in [0.29, 0.717) is 11.3 Å². The van der Waals surface area contributed by atoms with Gasteiger partial charge in [-0.1, -0.05) is 25.9 Å². The number of hydrogen-bond acceptors (Lipinski definition) is 2. The third-order valence-electron chi connectivity index (χ3n) is 2.61. The third kappa shape index (κ3) is 1.95. The van der Waals surface area contributed by atoms with Crippen LogP contribution in [0.2, 0.25) is 0 Å². The van der Waals surface area contributed by atoms with E-state index in [4.69, 9.17) is 5.21 Å². The summed E-state index contributed by atoms with van der Waals surface area (Å²) in [6.07, 6.45) is 3.35. The van der Waals surface area contributed by atoms with Gasteiger partial charge in [0, 0.05) is 0 Å². The van der Waals surface area contributed by atoms with E-state index in [1.165, 1.54) is 6.42 Å². The van der Waals surface area contributed by atoms with Gasteiger partial charge in [-0.25, -0.2) is 0 Å². The van der Waals surface area contributed by atoms with E-state index >= 15 is 0 Å². The maximum atomic E-state index is 8.68. The lowest BCUT2D eigenvalue weighted by molar-refractivity contribution is 0.267. The fraction of sp³-hybridized carbons (Fsp3) is 0.889. The maximum Gasteiger partial charge on any atom is 0.0604 e. The summed E-state index contributed by atoms with van der Waals surface area (Å²) in [5.74, 6) is 0.480. The molecular formula is C9H17NO. The van der Waals surface area contributed by atoms with Gasteiger partial charge in [0.15, 0.2) is 0 Å². The first kappa shape index (κ1) is 8.57. The molecule has 1 N–H and O–H groups in total. The molecule has 1 rings (SSSR count). The van der Waals surface area contributed by atoms with Crippen molar-refractivity contribution < 1.29 is 5.21 Å². The van der Waals surface area contributed by atoms with E-state index in [1.807, 2.05) is 0 Å². The fourth-order valence-corrected chi connectivity index (χ4v) is 1.66. The second-order valence-corrected chi connectivity index (χ2v) is 4.37. The van der Waals surface area contributed by atoms with Crippen molar-refractivity contribution in [2.45, 2.75) is 40.0 Å². The first-order valence-electron chi connectivity index (χ1n) is 4.26. The quantitative estimate of drug-likeness (QED) is 0.423. The van der Waals surface area contributed by atoms with Gasteiger partial charge in [-0.05, 0) is 30.6 Å². The fourth-order valence-electron chi connectivity index (χ4n) is 1.66. The van der Waals surface area contributed by atoms with Gasteiger partial charge in [0.25, 0.3) is 0 Å². The molecule has 1 aliphatic rings. The minimum atomic E-state index is 0.341. The third-order valence-corrected chi connectivity index (χ3v) is 2.61. The lowest BCUT2D eigenvalue weighted by atomic mass is 9.72. The van der Waals surface area contributed by atoms with E-state index in [0.717, 1.165) is 18.6 Å². The second-order valence-electron chi connectivity index (χ2n) is 4.37. The zero-order valence-corrected chi connectivity index (χ0v) is 7.59. The maximum absolute atomic E-state index is 8.68. The molecule has 2 nitrogen and oxygen atoms in total. The van der Waals surface area contributed by atoms with Crippen LogP contribution in [-0.2, 0) is 0 Å². The Labute approximate surface area is 68.3 Å². The van der Waals surface area contributed by atoms with Crippen LogP contribution in [-0.4, -0.2) is 10.9 Å². The van der Waals surface area contributed by atoms with Crippen molar-refractivity contribution >= 4 is 5.71 Å². The standard InChI is InChI=1S/C9H17NO/c1-7-4-5-9(2,3)6-8(7)10-11/h7,11H,4-6H2,1-3H3/b10-8+. The van der Waals surface area contributed by atoms with E-state index in [-0.39, 0.29) is 0 Å². The molecule has 2 heteroatoms. The molecule has 0 aliphatic heterocycles. The summed E-state index contributed by atoms with van der Waals surface area (Å²) < 4.78 is 0. The van der Waals surface area contributed by atoms with Crippen LogP contribution in [0.25, 0.3) is 0 Å². The molecule has 0 aromatic rings. The van der Waals surface area contributed by atoms with Crippen molar-refractivity contribution in [2.75, 3.05) is 0 Å². The SMILES string of the molecule is CC1CCC(C)(C)C/C1=N\O. The molecule has 0 radical (unpaired) electrons. The van der Waals surface area contributed by atoms with Crippen molar-refractivity contribution in [3.63, 3.8) is 0 Å². The lowest BCUT2D eigenvalue weighted by Gasteiger charge is -2.33. The molecule has 0 saturated heterocycles. The van der Waals surface area contributed by atoms with Crippen LogP contribution in [0.15, 0.2) is 5.16 Å². The van der Waals surface area contributed by atoms with Crippen LogP contribution < -0.4 is 0 Å². The van der Waals surface area contributed by atoms with Gasteiger partial charge in [0.2, 0.25) is 0 Å². The molecule has 1 unspecified atom stereocenters. The molecule has 1 atom stereocenters. The van der Waals surface area contributed by atoms with Crippen LogP contribution in [0.5, 0.6) is 0 Å². The average Bonchev–Trinajstić information content (AvgIpc) is 1.94. The highest BCUT2D eigenvalue weighted by atomic mass is 16.4. The van der Waals surface area contributed by atoms with Crippen LogP contribution >= 0.6 is 0 Å². The first-order chi connectivity index (χ1) is 5.05. The molecule has 0 aromatic carbocycles. The van der Waals surface area contributed by atoms with Gasteiger partial charge in [0.05, 0.1) is 5.71 Å². The van der Waals surface area contributed by atoms with Crippen molar-refractivity contribution in [3.05, 3.63) is 0 Å². The predicted octanol–water partition coefficient (Wildman–Crippen LogP) is 2.66. The molecule has 1 saturated carbocycles. The molecular weight excluding hydrogens is 138 g/mol. The summed E-state index contributed by atoms with van der Waals surface area (Å²) in [4.78, 5) is 0. The average molecular weight is 155 g/mol. The molecule has 0 amide bonds. The zero-order chi connectivity index (χ0) is 8.48. The van der Waals surface area contributed by atoms with E-state index in [9.17, 15) is 0 Å². The Bertz CT molecular complexity index is 172. The minimum absolute atomic E-state index is 0.341. The Kier molecular flexibility index (Phi) is 2.21. The monoisotopic (exact) mass is 155 g/mol. The highest BCUT2D eigenvalue weighted by Gasteiger charge is 2.29. The predicted molar refractivity (Wildman–Crippen MR) is 46.0 cm³/mol. The number of oxime groups is 1. The van der Waals surface area contributed by atoms with Gasteiger partial charge in [-0.3, -0.25) is 0 Å². The highest BCUT2D eigenvalue weighted by molar-refractivity contribution is 5.87. The second kappa shape index (κ2) is 2.84. The van der Waals surface area contributed by atoms with Crippen molar-refractivity contribution in [1.82, 2.24) is 0 Å². The van der Waals surface area contributed by atoms with E-state index in [1.54, 1.807) is 0 Å². The summed E-state index contributed by atoms with van der Waals surface area (Å²) in [5.41, 5.74) is 1.31. The Morgan fingerprint density at radius 2 is 2.18 bits per heavy atom. The Morgan fingerprint density at radius 3 is 2.64 bits per heavy atom. The van der Waals surface area contributed by atoms with Crippen LogP contribution in [0, 0.1) is 11.3 Å². The van der Waals surface area contributed by atoms with Crippen LogP contribution in [0.1, 0.15) is 40.0 Å². The summed E-state index contributed by atoms with van der Waals surface area (Å²) in [6.45, 7) is 6.58. The Hall–Kier alpha value is -0.530. The van der Waals surface area contributed by atoms with Crippen molar-refractivity contribution in [2.24, 2.45) is 16.5 Å². The van der Waals surface area contributed by atoms with Crippen molar-refractivity contribution in [1.29, 1.82) is 0 Å². The molecule has 0 aromatic heterocycles. The number of rotatable bonds is 0. The molecule has 1 fully saturated rings. The normalized spacial score (nSPS) is 34.1. The van der Waals surface area contributed by atoms with E-state index < -0.39 is 0 Å². The summed E-state index contributed by atoms with van der Waals surface area (Å²) in [7, 11) is 0. The molecule has 64 valence electrons. The van der Waals surface area contributed by atoms with Crippen molar-refractivity contribution in [3.8, 4) is 0 Å². The largest absolute Gasteiger partial charge is 0.411 e. The van der Waals surface area contributed by atoms with Crippen LogP contribution in [0.4, 0.5) is 0 Å². The van der Waals surface area contributed by atoms with E-state index in [2.05, 4.69) is 25.9 Å². The smallest absolute Gasteiger partial charge is 0.0604 e. The molecule has 0 heterocycles. The van der Waals surface area contributed by atoms with Gasteiger partial charge in [-0.15, -0.1) is 0 Å². The van der Waals surface area contributed by atoms with Gasteiger partial charge < -0.3 is 5.21 Å². The Morgan fingerprint density at radius 1 is 1.55 bits per heavy atom. The topological polar surface area (TPSA) is 32.6 Å². The zero-order valence-electron chi connectivity index (χ0n) is 7.59. The van der Waals surface area contributed by atoms with Gasteiger partial charge in [0.1, 0.15) is 0 Å². The van der Waals surface area contributed by atoms with Gasteiger partial charge >= 0.3 is 0 Å². The first-order valence-corrected chi connectivity index (χ1v) is 4.26. The molecule has 0 spiro atoms. The summed E-state index contributed by atoms with van der Waals surface area (Å²) in [6, 6.07) is 0. The summed E-state index contributed by atoms with van der Waals surface area (Å²) >= 11 is 0. The molecule has 11 heavy (non-hydrogen) atoms.